The lowest BCUT2D eigenvalue weighted by atomic mass is 9.89. The highest BCUT2D eigenvalue weighted by Gasteiger charge is 2.41. The van der Waals surface area contributed by atoms with Crippen LogP contribution in [0.2, 0.25) is 0 Å². The Hall–Kier alpha value is -4.35. The SMILES string of the molecule is CC(C)(C)CC(=O)NN(CC1CCCCC1)C[C@H](CCc1ccccc1)NC(=O)[C@](O)(CC(N)=O)NC(=O)c1ccc2ccccc2n1. The Balaban J connectivity index is 1.57. The lowest BCUT2D eigenvalue weighted by Crippen LogP contribution is -2.63. The second-order valence-corrected chi connectivity index (χ2v) is 14.2. The Kier molecular flexibility index (Phi) is 12.7. The quantitative estimate of drug-likeness (QED) is 0.122. The van der Waals surface area contributed by atoms with Gasteiger partial charge in [0.15, 0.2) is 0 Å². The summed E-state index contributed by atoms with van der Waals surface area (Å²) in [5.41, 5.74) is 7.25. The number of aromatic nitrogens is 1. The first-order valence-electron chi connectivity index (χ1n) is 16.9. The second kappa shape index (κ2) is 16.7. The molecule has 0 radical (unpaired) electrons. The molecule has 0 aliphatic heterocycles. The number of amides is 4. The molecular formula is C37H50N6O5. The van der Waals surface area contributed by atoms with Gasteiger partial charge in [0.1, 0.15) is 5.69 Å². The van der Waals surface area contributed by atoms with Crippen molar-refractivity contribution in [2.45, 2.75) is 90.3 Å². The van der Waals surface area contributed by atoms with Gasteiger partial charge in [-0.15, -0.1) is 0 Å². The van der Waals surface area contributed by atoms with E-state index in [4.69, 9.17) is 5.73 Å². The van der Waals surface area contributed by atoms with Crippen molar-refractivity contribution in [1.82, 2.24) is 26.1 Å². The van der Waals surface area contributed by atoms with Gasteiger partial charge in [0.05, 0.1) is 11.9 Å². The van der Waals surface area contributed by atoms with Crippen molar-refractivity contribution in [2.75, 3.05) is 13.1 Å². The second-order valence-electron chi connectivity index (χ2n) is 14.2. The summed E-state index contributed by atoms with van der Waals surface area (Å²) in [5, 5.41) is 19.4. The average Bonchev–Trinajstić information content (AvgIpc) is 3.03. The number of nitrogens with zero attached hydrogens (tertiary/aromatic N) is 2. The number of nitrogens with one attached hydrogen (secondary N) is 3. The number of hydrogen-bond acceptors (Lipinski definition) is 7. The van der Waals surface area contributed by atoms with Gasteiger partial charge in [0.25, 0.3) is 11.8 Å². The first-order chi connectivity index (χ1) is 22.8. The molecule has 1 aliphatic carbocycles. The minimum absolute atomic E-state index is 0.0368. The number of benzene rings is 2. The monoisotopic (exact) mass is 658 g/mol. The van der Waals surface area contributed by atoms with Gasteiger partial charge in [-0.25, -0.2) is 9.99 Å². The molecule has 258 valence electrons. The molecule has 4 amide bonds. The zero-order valence-electron chi connectivity index (χ0n) is 28.3. The van der Waals surface area contributed by atoms with Crippen LogP contribution in [0.4, 0.5) is 0 Å². The summed E-state index contributed by atoms with van der Waals surface area (Å²) in [6, 6.07) is 19.6. The number of hydrazine groups is 1. The van der Waals surface area contributed by atoms with Gasteiger partial charge in [-0.05, 0) is 54.7 Å². The number of pyridine rings is 1. The van der Waals surface area contributed by atoms with E-state index in [1.807, 2.05) is 68.2 Å². The lowest BCUT2D eigenvalue weighted by molar-refractivity contribution is -0.148. The van der Waals surface area contributed by atoms with Crippen LogP contribution in [-0.2, 0) is 20.8 Å². The Morgan fingerprint density at radius 3 is 2.31 bits per heavy atom. The third-order valence-corrected chi connectivity index (χ3v) is 8.53. The van der Waals surface area contributed by atoms with Crippen molar-refractivity contribution < 1.29 is 24.3 Å². The summed E-state index contributed by atoms with van der Waals surface area (Å²) in [6.45, 7) is 6.87. The Morgan fingerprint density at radius 2 is 1.62 bits per heavy atom. The molecule has 0 saturated heterocycles. The normalized spacial score (nSPS) is 15.8. The van der Waals surface area contributed by atoms with E-state index in [9.17, 15) is 24.3 Å². The van der Waals surface area contributed by atoms with Crippen molar-refractivity contribution in [3.63, 3.8) is 0 Å². The van der Waals surface area contributed by atoms with Crippen molar-refractivity contribution in [3.8, 4) is 0 Å². The van der Waals surface area contributed by atoms with Crippen LogP contribution in [-0.4, -0.2) is 63.6 Å². The fourth-order valence-corrected chi connectivity index (χ4v) is 6.19. The van der Waals surface area contributed by atoms with E-state index in [0.717, 1.165) is 36.6 Å². The van der Waals surface area contributed by atoms with E-state index in [-0.39, 0.29) is 23.6 Å². The number of primary amides is 1. The number of para-hydroxylation sites is 1. The van der Waals surface area contributed by atoms with Crippen molar-refractivity contribution >= 4 is 34.5 Å². The Bertz CT molecular complexity index is 1550. The molecule has 1 saturated carbocycles. The summed E-state index contributed by atoms with van der Waals surface area (Å²) in [5.74, 6) is -2.53. The summed E-state index contributed by atoms with van der Waals surface area (Å²) in [4.78, 5) is 56.8. The molecule has 11 nitrogen and oxygen atoms in total. The van der Waals surface area contributed by atoms with Gasteiger partial charge >= 0.3 is 0 Å². The van der Waals surface area contributed by atoms with Crippen LogP contribution < -0.4 is 21.8 Å². The molecule has 1 aliphatic rings. The van der Waals surface area contributed by atoms with E-state index in [1.54, 1.807) is 18.2 Å². The molecule has 3 aromatic rings. The van der Waals surface area contributed by atoms with Crippen LogP contribution in [0.15, 0.2) is 66.7 Å². The molecule has 11 heteroatoms. The van der Waals surface area contributed by atoms with Gasteiger partial charge in [0.2, 0.25) is 17.5 Å². The van der Waals surface area contributed by atoms with Gasteiger partial charge in [-0.2, -0.15) is 0 Å². The molecule has 2 aromatic carbocycles. The molecule has 1 heterocycles. The molecular weight excluding hydrogens is 608 g/mol. The molecule has 2 atom stereocenters. The number of fused-ring (bicyclic) bond motifs is 1. The number of aliphatic hydroxyl groups is 1. The molecule has 4 rings (SSSR count). The first-order valence-corrected chi connectivity index (χ1v) is 16.9. The first kappa shape index (κ1) is 36.5. The third kappa shape index (κ3) is 11.4. The highest BCUT2D eigenvalue weighted by molar-refractivity contribution is 6.00. The zero-order valence-corrected chi connectivity index (χ0v) is 28.3. The number of aryl methyl sites for hydroxylation is 1. The molecule has 1 fully saturated rings. The fourth-order valence-electron chi connectivity index (χ4n) is 6.19. The van der Waals surface area contributed by atoms with E-state index in [1.165, 1.54) is 12.5 Å². The zero-order chi connectivity index (χ0) is 34.7. The summed E-state index contributed by atoms with van der Waals surface area (Å²) in [7, 11) is 0. The maximum Gasteiger partial charge on any atom is 0.274 e. The standard InChI is InChI=1S/C37H50N6O5/c1-36(2,3)23-33(45)42-43(24-27-14-8-5-9-15-27)25-29(20-18-26-12-6-4-7-13-26)39-35(47)37(48,22-32(38)44)41-34(46)31-21-19-28-16-10-11-17-30(28)40-31/h4,6-7,10-13,16-17,19,21,27,29,48H,5,8-9,14-15,18,20,22-25H2,1-3H3,(H2,38,44)(H,39,47)(H,41,46)(H,42,45)/t29-,37+/m0/s1. The van der Waals surface area contributed by atoms with Crippen LogP contribution >= 0.6 is 0 Å². The molecule has 6 N–H and O–H groups in total. The number of carbonyl (C=O) groups is 4. The van der Waals surface area contributed by atoms with Gasteiger partial charge < -0.3 is 21.5 Å². The van der Waals surface area contributed by atoms with Crippen LogP contribution in [0.1, 0.15) is 88.2 Å². The maximum absolute atomic E-state index is 13.9. The van der Waals surface area contributed by atoms with Crippen LogP contribution in [0.5, 0.6) is 0 Å². The van der Waals surface area contributed by atoms with Gasteiger partial charge in [-0.3, -0.25) is 24.6 Å². The fraction of sp³-hybridized carbons (Fsp3) is 0.486. The molecule has 0 spiro atoms. The van der Waals surface area contributed by atoms with Gasteiger partial charge in [-0.1, -0.05) is 94.6 Å². The van der Waals surface area contributed by atoms with Crippen LogP contribution in [0.3, 0.4) is 0 Å². The minimum atomic E-state index is -2.65. The number of nitrogens with two attached hydrogens (primary N) is 1. The number of rotatable bonds is 15. The highest BCUT2D eigenvalue weighted by atomic mass is 16.3. The maximum atomic E-state index is 13.9. The predicted molar refractivity (Wildman–Crippen MR) is 185 cm³/mol. The number of carbonyl (C=O) groups excluding carboxylic acids is 4. The Labute approximate surface area is 283 Å². The summed E-state index contributed by atoms with van der Waals surface area (Å²) >= 11 is 0. The van der Waals surface area contributed by atoms with Crippen molar-refractivity contribution in [2.24, 2.45) is 17.1 Å². The lowest BCUT2D eigenvalue weighted by Gasteiger charge is -2.35. The Morgan fingerprint density at radius 1 is 0.938 bits per heavy atom. The highest BCUT2D eigenvalue weighted by Crippen LogP contribution is 2.25. The molecule has 0 unspecified atom stereocenters. The van der Waals surface area contributed by atoms with E-state index in [2.05, 4.69) is 21.0 Å². The van der Waals surface area contributed by atoms with E-state index < -0.39 is 35.9 Å². The summed E-state index contributed by atoms with van der Waals surface area (Å²) in [6.07, 6.45) is 6.10. The largest absolute Gasteiger partial charge is 0.370 e. The van der Waals surface area contributed by atoms with Crippen molar-refractivity contribution in [3.05, 3.63) is 78.0 Å². The topological polar surface area (TPSA) is 167 Å². The average molecular weight is 659 g/mol. The number of hydrogen-bond donors (Lipinski definition) is 5. The smallest absolute Gasteiger partial charge is 0.274 e. The molecule has 0 bridgehead atoms. The molecule has 1 aromatic heterocycles. The van der Waals surface area contributed by atoms with Crippen LogP contribution in [0, 0.1) is 11.3 Å². The van der Waals surface area contributed by atoms with Crippen LogP contribution in [0.25, 0.3) is 10.9 Å². The van der Waals surface area contributed by atoms with Crippen molar-refractivity contribution in [1.29, 1.82) is 0 Å². The van der Waals surface area contributed by atoms with E-state index in [0.29, 0.717) is 37.2 Å². The predicted octanol–water partition coefficient (Wildman–Crippen LogP) is 4.00. The van der Waals surface area contributed by atoms with E-state index >= 15 is 0 Å². The molecule has 48 heavy (non-hydrogen) atoms. The third-order valence-electron chi connectivity index (χ3n) is 8.53. The minimum Gasteiger partial charge on any atom is -0.370 e. The summed E-state index contributed by atoms with van der Waals surface area (Å²) < 4.78 is 0. The van der Waals surface area contributed by atoms with Gasteiger partial charge in [0, 0.05) is 30.9 Å².